The minimum atomic E-state index is 0.121. The largest absolute Gasteiger partial charge is 0.497 e. The van der Waals surface area contributed by atoms with E-state index >= 15 is 0 Å². The molecule has 2 aromatic rings. The number of amides is 1. The summed E-state index contributed by atoms with van der Waals surface area (Å²) < 4.78 is 5.22. The van der Waals surface area contributed by atoms with Crippen LogP contribution in [0.15, 0.2) is 54.6 Å². The van der Waals surface area contributed by atoms with Crippen molar-refractivity contribution in [2.75, 3.05) is 12.0 Å². The van der Waals surface area contributed by atoms with Crippen molar-refractivity contribution in [3.8, 4) is 5.75 Å². The maximum absolute atomic E-state index is 12.7. The Morgan fingerprint density at radius 3 is 2.29 bits per heavy atom. The van der Waals surface area contributed by atoms with E-state index in [9.17, 15) is 4.79 Å². The number of carbonyl (C=O) groups is 1. The van der Waals surface area contributed by atoms with Crippen molar-refractivity contribution in [3.63, 3.8) is 0 Å². The lowest BCUT2D eigenvalue weighted by Crippen LogP contribution is -2.63. The smallest absolute Gasteiger partial charge is 0.232 e. The monoisotopic (exact) mass is 323 g/mol. The standard InChI is InChI=1S/C21H25NO2/c1-15(2)20-19(14-9-16-7-5-4-6-8-16)22(21(20)23)17-10-12-18(24-3)13-11-17/h4-8,10-13,15,19-20H,9,14H2,1-3H3/t19-,20?/m1/s1. The van der Waals surface area contributed by atoms with Gasteiger partial charge in [0.25, 0.3) is 0 Å². The summed E-state index contributed by atoms with van der Waals surface area (Å²) in [5.74, 6) is 1.55. The van der Waals surface area contributed by atoms with Crippen LogP contribution in [0.1, 0.15) is 25.8 Å². The van der Waals surface area contributed by atoms with Gasteiger partial charge in [0.15, 0.2) is 0 Å². The Morgan fingerprint density at radius 1 is 1.04 bits per heavy atom. The van der Waals surface area contributed by atoms with E-state index in [2.05, 4.69) is 38.1 Å². The molecule has 0 N–H and O–H groups in total. The third-order valence-electron chi connectivity index (χ3n) is 4.91. The highest BCUT2D eigenvalue weighted by Gasteiger charge is 2.48. The third kappa shape index (κ3) is 3.16. The lowest BCUT2D eigenvalue weighted by Gasteiger charge is -2.49. The van der Waals surface area contributed by atoms with Gasteiger partial charge in [-0.15, -0.1) is 0 Å². The summed E-state index contributed by atoms with van der Waals surface area (Å²) in [4.78, 5) is 14.6. The van der Waals surface area contributed by atoms with Crippen LogP contribution in [0.2, 0.25) is 0 Å². The van der Waals surface area contributed by atoms with E-state index in [-0.39, 0.29) is 17.9 Å². The zero-order valence-corrected chi connectivity index (χ0v) is 14.6. The summed E-state index contributed by atoms with van der Waals surface area (Å²) >= 11 is 0. The van der Waals surface area contributed by atoms with Gasteiger partial charge in [0.1, 0.15) is 5.75 Å². The summed E-state index contributed by atoms with van der Waals surface area (Å²) in [6.45, 7) is 4.28. The molecule has 1 amide bonds. The second-order valence-electron chi connectivity index (χ2n) is 6.77. The number of anilines is 1. The van der Waals surface area contributed by atoms with Crippen LogP contribution < -0.4 is 9.64 Å². The molecule has 1 unspecified atom stereocenters. The van der Waals surface area contributed by atoms with Crippen LogP contribution in [-0.4, -0.2) is 19.1 Å². The fourth-order valence-electron chi connectivity index (χ4n) is 3.63. The topological polar surface area (TPSA) is 29.5 Å². The SMILES string of the molecule is COc1ccc(N2C(=O)C(C(C)C)[C@H]2CCc2ccccc2)cc1. The molecule has 3 nitrogen and oxygen atoms in total. The minimum Gasteiger partial charge on any atom is -0.497 e. The van der Waals surface area contributed by atoms with Crippen LogP contribution >= 0.6 is 0 Å². The molecule has 24 heavy (non-hydrogen) atoms. The molecule has 0 aliphatic carbocycles. The Labute approximate surface area is 144 Å². The van der Waals surface area contributed by atoms with Crippen molar-refractivity contribution in [1.29, 1.82) is 0 Å². The number of aryl methyl sites for hydroxylation is 1. The molecule has 3 heteroatoms. The molecule has 0 spiro atoms. The summed E-state index contributed by atoms with van der Waals surface area (Å²) in [7, 11) is 1.65. The molecule has 0 aromatic heterocycles. The van der Waals surface area contributed by atoms with Gasteiger partial charge in [-0.05, 0) is 48.6 Å². The van der Waals surface area contributed by atoms with E-state index in [1.807, 2.05) is 35.2 Å². The minimum absolute atomic E-state index is 0.121. The predicted molar refractivity (Wildman–Crippen MR) is 97.4 cm³/mol. The van der Waals surface area contributed by atoms with E-state index in [1.165, 1.54) is 5.56 Å². The molecule has 1 aliphatic rings. The number of hydrogen-bond donors (Lipinski definition) is 0. The van der Waals surface area contributed by atoms with Gasteiger partial charge >= 0.3 is 0 Å². The number of ether oxygens (including phenoxy) is 1. The van der Waals surface area contributed by atoms with Crippen LogP contribution in [0.5, 0.6) is 5.75 Å². The van der Waals surface area contributed by atoms with Gasteiger partial charge in [0, 0.05) is 11.7 Å². The summed E-state index contributed by atoms with van der Waals surface area (Å²) in [6, 6.07) is 18.5. The van der Waals surface area contributed by atoms with Crippen LogP contribution in [0.25, 0.3) is 0 Å². The van der Waals surface area contributed by atoms with E-state index in [0.29, 0.717) is 5.92 Å². The molecule has 0 radical (unpaired) electrons. The van der Waals surface area contributed by atoms with Gasteiger partial charge in [-0.25, -0.2) is 0 Å². The lowest BCUT2D eigenvalue weighted by atomic mass is 9.76. The highest BCUT2D eigenvalue weighted by Crippen LogP contribution is 2.39. The molecule has 2 aromatic carbocycles. The first-order valence-corrected chi connectivity index (χ1v) is 8.63. The number of β-lactam (4-membered cyclic amide) rings is 1. The van der Waals surface area contributed by atoms with Gasteiger partial charge < -0.3 is 9.64 Å². The fourth-order valence-corrected chi connectivity index (χ4v) is 3.63. The first kappa shape index (κ1) is 16.6. The van der Waals surface area contributed by atoms with Crippen LogP contribution in [-0.2, 0) is 11.2 Å². The average molecular weight is 323 g/mol. The van der Waals surface area contributed by atoms with Crippen molar-refractivity contribution in [2.45, 2.75) is 32.7 Å². The molecule has 1 aliphatic heterocycles. The average Bonchev–Trinajstić information content (AvgIpc) is 2.59. The first-order chi connectivity index (χ1) is 11.6. The maximum atomic E-state index is 12.7. The van der Waals surface area contributed by atoms with Crippen molar-refractivity contribution in [3.05, 3.63) is 60.2 Å². The molecule has 126 valence electrons. The maximum Gasteiger partial charge on any atom is 0.232 e. The molecular formula is C21H25NO2. The zero-order valence-electron chi connectivity index (χ0n) is 14.6. The van der Waals surface area contributed by atoms with E-state index in [4.69, 9.17) is 4.74 Å². The Balaban J connectivity index is 1.77. The van der Waals surface area contributed by atoms with Crippen LogP contribution in [0.3, 0.4) is 0 Å². The van der Waals surface area contributed by atoms with Crippen molar-refractivity contribution in [2.24, 2.45) is 11.8 Å². The van der Waals surface area contributed by atoms with Crippen LogP contribution in [0, 0.1) is 11.8 Å². The van der Waals surface area contributed by atoms with Crippen LogP contribution in [0.4, 0.5) is 5.69 Å². The first-order valence-electron chi connectivity index (χ1n) is 8.63. The molecule has 0 saturated carbocycles. The molecule has 1 heterocycles. The van der Waals surface area contributed by atoms with E-state index < -0.39 is 0 Å². The van der Waals surface area contributed by atoms with Gasteiger partial charge in [-0.2, -0.15) is 0 Å². The summed E-state index contributed by atoms with van der Waals surface area (Å²) in [6.07, 6.45) is 1.99. The van der Waals surface area contributed by atoms with Gasteiger partial charge in [-0.3, -0.25) is 4.79 Å². The molecule has 0 bridgehead atoms. The molecule has 2 atom stereocenters. The number of rotatable bonds is 6. The summed E-state index contributed by atoms with van der Waals surface area (Å²) in [5, 5.41) is 0. The van der Waals surface area contributed by atoms with Crippen molar-refractivity contribution >= 4 is 11.6 Å². The molecule has 3 rings (SSSR count). The fraction of sp³-hybridized carbons (Fsp3) is 0.381. The Morgan fingerprint density at radius 2 is 1.71 bits per heavy atom. The summed E-state index contributed by atoms with van der Waals surface area (Å²) in [5.41, 5.74) is 2.30. The van der Waals surface area contributed by atoms with Crippen molar-refractivity contribution < 1.29 is 9.53 Å². The van der Waals surface area contributed by atoms with Crippen molar-refractivity contribution in [1.82, 2.24) is 0 Å². The number of hydrogen-bond acceptors (Lipinski definition) is 2. The molecule has 1 saturated heterocycles. The highest BCUT2D eigenvalue weighted by molar-refractivity contribution is 6.03. The molecule has 1 fully saturated rings. The Bertz CT molecular complexity index is 679. The second kappa shape index (κ2) is 7.08. The Kier molecular flexibility index (Phi) is 4.89. The number of nitrogens with zero attached hydrogens (tertiary/aromatic N) is 1. The third-order valence-corrected chi connectivity index (χ3v) is 4.91. The number of methoxy groups -OCH3 is 1. The highest BCUT2D eigenvalue weighted by atomic mass is 16.5. The van der Waals surface area contributed by atoms with Gasteiger partial charge in [0.2, 0.25) is 5.91 Å². The molecular weight excluding hydrogens is 298 g/mol. The quantitative estimate of drug-likeness (QED) is 0.741. The van der Waals surface area contributed by atoms with E-state index in [0.717, 1.165) is 24.3 Å². The zero-order chi connectivity index (χ0) is 17.1. The lowest BCUT2D eigenvalue weighted by molar-refractivity contribution is -0.132. The van der Waals surface area contributed by atoms with E-state index in [1.54, 1.807) is 7.11 Å². The normalized spacial score (nSPS) is 20.2. The predicted octanol–water partition coefficient (Wildman–Crippen LogP) is 4.32. The second-order valence-corrected chi connectivity index (χ2v) is 6.77. The number of carbonyl (C=O) groups excluding carboxylic acids is 1. The van der Waals surface area contributed by atoms with Gasteiger partial charge in [-0.1, -0.05) is 44.2 Å². The Hall–Kier alpha value is -2.29. The van der Waals surface area contributed by atoms with Gasteiger partial charge in [0.05, 0.1) is 13.0 Å². The number of benzene rings is 2.